The molecular weight excluding hydrogens is 233 g/mol. The van der Waals surface area contributed by atoms with Crippen molar-refractivity contribution in [3.8, 4) is 0 Å². The number of likely N-dealkylation sites (tertiary alicyclic amines) is 1. The highest BCUT2D eigenvalue weighted by Crippen LogP contribution is 2.20. The molecule has 98 valence electrons. The molecule has 1 heterocycles. The summed E-state index contributed by atoms with van der Waals surface area (Å²) in [5, 5.41) is 9.10. The van der Waals surface area contributed by atoms with E-state index in [1.165, 1.54) is 24.6 Å². The van der Waals surface area contributed by atoms with Gasteiger partial charge in [0.15, 0.2) is 0 Å². The zero-order chi connectivity index (χ0) is 13.1. The highest BCUT2D eigenvalue weighted by atomic mass is 19.1. The van der Waals surface area contributed by atoms with E-state index in [1.807, 2.05) is 0 Å². The lowest BCUT2D eigenvalue weighted by Gasteiger charge is -2.31. The van der Waals surface area contributed by atoms with E-state index in [2.05, 4.69) is 11.8 Å². The number of piperidine rings is 1. The predicted octanol–water partition coefficient (Wildman–Crippen LogP) is 2.76. The molecule has 1 N–H and O–H groups in total. The van der Waals surface area contributed by atoms with Gasteiger partial charge in [-0.1, -0.05) is 6.92 Å². The van der Waals surface area contributed by atoms with E-state index < -0.39 is 5.97 Å². The standard InChI is InChI=1S/C14H18FNO2/c1-10-3-2-6-16(8-10)9-11-7-12(15)4-5-13(11)14(17)18/h4-5,7,10H,2-3,6,8-9H2,1H3,(H,17,18). The lowest BCUT2D eigenvalue weighted by molar-refractivity contribution is 0.0693. The fraction of sp³-hybridized carbons (Fsp3) is 0.500. The van der Waals surface area contributed by atoms with E-state index in [-0.39, 0.29) is 11.4 Å². The summed E-state index contributed by atoms with van der Waals surface area (Å²) in [5.74, 6) is -0.740. The highest BCUT2D eigenvalue weighted by Gasteiger charge is 2.19. The average molecular weight is 251 g/mol. The minimum Gasteiger partial charge on any atom is -0.478 e. The van der Waals surface area contributed by atoms with Gasteiger partial charge in [0.25, 0.3) is 0 Å². The average Bonchev–Trinajstić information content (AvgIpc) is 2.28. The normalized spacial score (nSPS) is 20.9. The van der Waals surface area contributed by atoms with E-state index in [4.69, 9.17) is 5.11 Å². The quantitative estimate of drug-likeness (QED) is 0.898. The maximum Gasteiger partial charge on any atom is 0.336 e. The molecular formula is C14H18FNO2. The van der Waals surface area contributed by atoms with Crippen LogP contribution in [0.15, 0.2) is 18.2 Å². The first-order chi connectivity index (χ1) is 8.56. The van der Waals surface area contributed by atoms with Gasteiger partial charge in [0.1, 0.15) is 5.82 Å². The van der Waals surface area contributed by atoms with Crippen molar-refractivity contribution in [3.63, 3.8) is 0 Å². The number of rotatable bonds is 3. The van der Waals surface area contributed by atoms with Crippen molar-refractivity contribution in [2.24, 2.45) is 5.92 Å². The first kappa shape index (κ1) is 13.0. The third kappa shape index (κ3) is 3.07. The molecule has 0 amide bonds. The topological polar surface area (TPSA) is 40.5 Å². The maximum absolute atomic E-state index is 13.2. The van der Waals surface area contributed by atoms with Gasteiger partial charge in [-0.2, -0.15) is 0 Å². The van der Waals surface area contributed by atoms with E-state index in [9.17, 15) is 9.18 Å². The Bertz CT molecular complexity index is 447. The van der Waals surface area contributed by atoms with Gasteiger partial charge in [-0.15, -0.1) is 0 Å². The van der Waals surface area contributed by atoms with Crippen LogP contribution in [0.5, 0.6) is 0 Å². The first-order valence-electron chi connectivity index (χ1n) is 6.30. The van der Waals surface area contributed by atoms with Crippen LogP contribution in [-0.4, -0.2) is 29.1 Å². The molecule has 1 atom stereocenters. The van der Waals surface area contributed by atoms with Crippen LogP contribution in [0.4, 0.5) is 4.39 Å². The Morgan fingerprint density at radius 3 is 3.00 bits per heavy atom. The van der Waals surface area contributed by atoms with Crippen LogP contribution in [0.25, 0.3) is 0 Å². The molecule has 1 saturated heterocycles. The van der Waals surface area contributed by atoms with Crippen LogP contribution in [0.2, 0.25) is 0 Å². The fourth-order valence-corrected chi connectivity index (χ4v) is 2.57. The Kier molecular flexibility index (Phi) is 3.97. The molecule has 0 aliphatic carbocycles. The Balaban J connectivity index is 2.16. The molecule has 0 radical (unpaired) electrons. The SMILES string of the molecule is CC1CCCN(Cc2cc(F)ccc2C(=O)O)C1. The zero-order valence-corrected chi connectivity index (χ0v) is 10.5. The molecule has 2 rings (SSSR count). The summed E-state index contributed by atoms with van der Waals surface area (Å²) in [4.78, 5) is 13.3. The maximum atomic E-state index is 13.2. The number of benzene rings is 1. The van der Waals surface area contributed by atoms with Gasteiger partial charge in [0.2, 0.25) is 0 Å². The van der Waals surface area contributed by atoms with Crippen LogP contribution in [0.1, 0.15) is 35.7 Å². The largest absolute Gasteiger partial charge is 0.478 e. The summed E-state index contributed by atoms with van der Waals surface area (Å²) in [7, 11) is 0. The minimum absolute atomic E-state index is 0.203. The fourth-order valence-electron chi connectivity index (χ4n) is 2.57. The molecule has 1 unspecified atom stereocenters. The van der Waals surface area contributed by atoms with Crippen LogP contribution in [0.3, 0.4) is 0 Å². The number of hydrogen-bond donors (Lipinski definition) is 1. The van der Waals surface area contributed by atoms with Crippen molar-refractivity contribution < 1.29 is 14.3 Å². The lowest BCUT2D eigenvalue weighted by atomic mass is 9.99. The number of carboxylic acid groups (broad SMARTS) is 1. The van der Waals surface area contributed by atoms with E-state index >= 15 is 0 Å². The van der Waals surface area contributed by atoms with E-state index in [1.54, 1.807) is 0 Å². The summed E-state index contributed by atoms with van der Waals surface area (Å²) >= 11 is 0. The number of hydrogen-bond acceptors (Lipinski definition) is 2. The minimum atomic E-state index is -0.991. The van der Waals surface area contributed by atoms with Gasteiger partial charge in [-0.3, -0.25) is 4.90 Å². The van der Waals surface area contributed by atoms with Gasteiger partial charge >= 0.3 is 5.97 Å². The Morgan fingerprint density at radius 1 is 1.56 bits per heavy atom. The summed E-state index contributed by atoms with van der Waals surface area (Å²) in [6, 6.07) is 3.88. The Morgan fingerprint density at radius 2 is 2.33 bits per heavy atom. The molecule has 18 heavy (non-hydrogen) atoms. The third-order valence-corrected chi connectivity index (χ3v) is 3.43. The van der Waals surface area contributed by atoms with Crippen molar-refractivity contribution in [1.82, 2.24) is 4.90 Å². The smallest absolute Gasteiger partial charge is 0.336 e. The van der Waals surface area contributed by atoms with Crippen LogP contribution >= 0.6 is 0 Å². The summed E-state index contributed by atoms with van der Waals surface area (Å²) in [5.41, 5.74) is 0.770. The molecule has 1 aromatic carbocycles. The molecule has 1 aromatic rings. The molecule has 1 fully saturated rings. The van der Waals surface area contributed by atoms with Crippen molar-refractivity contribution in [3.05, 3.63) is 35.1 Å². The highest BCUT2D eigenvalue weighted by molar-refractivity contribution is 5.89. The van der Waals surface area contributed by atoms with Gasteiger partial charge in [-0.05, 0) is 49.1 Å². The molecule has 3 nitrogen and oxygen atoms in total. The first-order valence-corrected chi connectivity index (χ1v) is 6.30. The van der Waals surface area contributed by atoms with Crippen molar-refractivity contribution in [2.45, 2.75) is 26.3 Å². The number of halogens is 1. The summed E-state index contributed by atoms with van der Waals surface area (Å²) < 4.78 is 13.2. The number of carboxylic acids is 1. The van der Waals surface area contributed by atoms with Crippen molar-refractivity contribution in [2.75, 3.05) is 13.1 Å². The number of nitrogens with zero attached hydrogens (tertiary/aromatic N) is 1. The predicted molar refractivity (Wildman–Crippen MR) is 67.0 cm³/mol. The summed E-state index contributed by atoms with van der Waals surface area (Å²) in [6.07, 6.45) is 2.34. The zero-order valence-electron chi connectivity index (χ0n) is 10.5. The Labute approximate surface area is 106 Å². The molecule has 4 heteroatoms. The lowest BCUT2D eigenvalue weighted by Crippen LogP contribution is -2.34. The van der Waals surface area contributed by atoms with E-state index in [0.717, 1.165) is 19.5 Å². The molecule has 1 aliphatic rings. The molecule has 0 aromatic heterocycles. The second kappa shape index (κ2) is 5.48. The molecule has 0 saturated carbocycles. The van der Waals surface area contributed by atoms with Gasteiger partial charge in [-0.25, -0.2) is 9.18 Å². The Hall–Kier alpha value is -1.42. The number of carbonyl (C=O) groups is 1. The third-order valence-electron chi connectivity index (χ3n) is 3.43. The number of aromatic carboxylic acids is 1. The van der Waals surface area contributed by atoms with Gasteiger partial charge < -0.3 is 5.11 Å². The van der Waals surface area contributed by atoms with Crippen molar-refractivity contribution in [1.29, 1.82) is 0 Å². The van der Waals surface area contributed by atoms with Crippen molar-refractivity contribution >= 4 is 5.97 Å². The molecule has 0 spiro atoms. The molecule has 0 bridgehead atoms. The molecule has 1 aliphatic heterocycles. The van der Waals surface area contributed by atoms with Crippen LogP contribution in [0, 0.1) is 11.7 Å². The second-order valence-electron chi connectivity index (χ2n) is 5.09. The van der Waals surface area contributed by atoms with Crippen LogP contribution in [-0.2, 0) is 6.54 Å². The van der Waals surface area contributed by atoms with Crippen LogP contribution < -0.4 is 0 Å². The van der Waals surface area contributed by atoms with Gasteiger partial charge in [0, 0.05) is 13.1 Å². The van der Waals surface area contributed by atoms with E-state index in [0.29, 0.717) is 18.0 Å². The van der Waals surface area contributed by atoms with Gasteiger partial charge in [0.05, 0.1) is 5.56 Å². The summed E-state index contributed by atoms with van der Waals surface area (Å²) in [6.45, 7) is 4.62. The second-order valence-corrected chi connectivity index (χ2v) is 5.09. The monoisotopic (exact) mass is 251 g/mol.